The minimum atomic E-state index is -0.588. The van der Waals surface area contributed by atoms with Crippen molar-refractivity contribution in [1.82, 2.24) is 24.6 Å². The van der Waals surface area contributed by atoms with E-state index in [2.05, 4.69) is 42.5 Å². The lowest BCUT2D eigenvalue weighted by Gasteiger charge is -2.33. The van der Waals surface area contributed by atoms with Gasteiger partial charge in [-0.15, -0.1) is 0 Å². The van der Waals surface area contributed by atoms with Gasteiger partial charge in [-0.2, -0.15) is 5.10 Å². The van der Waals surface area contributed by atoms with E-state index in [9.17, 15) is 4.79 Å². The molecule has 1 aliphatic heterocycles. The molecule has 1 aliphatic rings. The van der Waals surface area contributed by atoms with Gasteiger partial charge in [0.25, 0.3) is 5.91 Å². The van der Waals surface area contributed by atoms with Crippen LogP contribution in [-0.4, -0.2) is 70.4 Å². The summed E-state index contributed by atoms with van der Waals surface area (Å²) in [6.07, 6.45) is 4.97. The summed E-state index contributed by atoms with van der Waals surface area (Å²) in [5, 5.41) is 10.9. The Morgan fingerprint density at radius 2 is 1.80 bits per heavy atom. The summed E-state index contributed by atoms with van der Waals surface area (Å²) in [6, 6.07) is 5.80. The Morgan fingerprint density at radius 3 is 2.43 bits per heavy atom. The Balaban J connectivity index is 1.54. The molecule has 4 N–H and O–H groups in total. The fraction of sp³-hybridized carbons (Fsp3) is 0.417. The number of primary amides is 1. The van der Waals surface area contributed by atoms with E-state index >= 15 is 0 Å². The average molecular weight is 480 g/mol. The van der Waals surface area contributed by atoms with Crippen LogP contribution in [0.3, 0.4) is 0 Å². The normalized spacial score (nSPS) is 14.3. The van der Waals surface area contributed by atoms with Gasteiger partial charge in [-0.05, 0) is 40.0 Å². The molecule has 11 heteroatoms. The molecule has 1 saturated heterocycles. The minimum Gasteiger partial charge on any atom is -0.477 e. The number of likely N-dealkylation sites (N-methyl/N-ethyl adjacent to an activating group) is 1. The molecule has 0 atom stereocenters. The van der Waals surface area contributed by atoms with Gasteiger partial charge in [0.05, 0.1) is 42.0 Å². The fourth-order valence-electron chi connectivity index (χ4n) is 3.90. The number of carbonyl (C=O) groups is 1. The van der Waals surface area contributed by atoms with Gasteiger partial charge in [0, 0.05) is 38.4 Å². The van der Waals surface area contributed by atoms with Crippen LogP contribution in [0, 0.1) is 0 Å². The highest BCUT2D eigenvalue weighted by Gasteiger charge is 2.18. The molecule has 4 rings (SSSR count). The summed E-state index contributed by atoms with van der Waals surface area (Å²) in [5.74, 6) is 1.17. The molecule has 0 spiro atoms. The predicted molar refractivity (Wildman–Crippen MR) is 137 cm³/mol. The zero-order valence-electron chi connectivity index (χ0n) is 20.7. The van der Waals surface area contributed by atoms with Gasteiger partial charge < -0.3 is 30.9 Å². The molecule has 11 nitrogen and oxygen atoms in total. The first-order valence-electron chi connectivity index (χ1n) is 11.8. The highest BCUT2D eigenvalue weighted by Crippen LogP contribution is 2.32. The number of pyridine rings is 2. The van der Waals surface area contributed by atoms with E-state index < -0.39 is 5.91 Å². The topological polar surface area (TPSA) is 126 Å². The fourth-order valence-corrected chi connectivity index (χ4v) is 3.90. The van der Waals surface area contributed by atoms with E-state index in [0.29, 0.717) is 35.5 Å². The monoisotopic (exact) mass is 479 g/mol. The second-order valence-electron chi connectivity index (χ2n) is 8.76. The molecular formula is C24H33N9O2. The largest absolute Gasteiger partial charge is 0.477 e. The third kappa shape index (κ3) is 5.62. The highest BCUT2D eigenvalue weighted by atomic mass is 16.5. The molecule has 0 unspecified atom stereocenters. The van der Waals surface area contributed by atoms with Gasteiger partial charge in [-0.3, -0.25) is 4.79 Å². The quantitative estimate of drug-likeness (QED) is 0.424. The number of anilines is 5. The number of ether oxygens (including phenoxy) is 1. The molecule has 0 aromatic carbocycles. The molecule has 3 aromatic heterocycles. The Morgan fingerprint density at radius 1 is 1.06 bits per heavy atom. The number of hydrogen-bond donors (Lipinski definition) is 3. The van der Waals surface area contributed by atoms with Gasteiger partial charge in [0.15, 0.2) is 0 Å². The number of piperazine rings is 1. The van der Waals surface area contributed by atoms with Crippen LogP contribution >= 0.6 is 0 Å². The van der Waals surface area contributed by atoms with E-state index in [1.807, 2.05) is 39.1 Å². The number of rotatable bonds is 9. The molecule has 1 amide bonds. The molecule has 0 bridgehead atoms. The zero-order valence-corrected chi connectivity index (χ0v) is 20.7. The standard InChI is InChI=1S/C24H33N9O2/c1-5-35-24-20(15-28-33(24)16(2)3)29-19-12-22(27-14-18(19)23(25)34)30-21-7-6-17(13-26-21)32-10-8-31(4)9-11-32/h6-7,12-16H,5,8-11H2,1-4H3,(H2,25,34)(H2,26,27,29,30). The van der Waals surface area contributed by atoms with Gasteiger partial charge in [-0.25, -0.2) is 14.6 Å². The molecule has 186 valence electrons. The van der Waals surface area contributed by atoms with E-state index in [1.54, 1.807) is 16.9 Å². The van der Waals surface area contributed by atoms with Gasteiger partial charge in [0.1, 0.15) is 17.3 Å². The third-order valence-electron chi connectivity index (χ3n) is 5.83. The lowest BCUT2D eigenvalue weighted by Crippen LogP contribution is -2.44. The maximum absolute atomic E-state index is 12.1. The Labute approximate surface area is 205 Å². The van der Waals surface area contributed by atoms with Gasteiger partial charge in [0.2, 0.25) is 5.88 Å². The van der Waals surface area contributed by atoms with Crippen LogP contribution in [0.2, 0.25) is 0 Å². The van der Waals surface area contributed by atoms with E-state index in [-0.39, 0.29) is 11.6 Å². The van der Waals surface area contributed by atoms with Gasteiger partial charge >= 0.3 is 0 Å². The molecule has 1 fully saturated rings. The molecule has 0 saturated carbocycles. The Hall–Kier alpha value is -3.86. The second-order valence-corrected chi connectivity index (χ2v) is 8.76. The van der Waals surface area contributed by atoms with Crippen molar-refractivity contribution in [3.05, 3.63) is 42.4 Å². The lowest BCUT2D eigenvalue weighted by molar-refractivity contribution is 0.100. The molecule has 35 heavy (non-hydrogen) atoms. The number of aromatic nitrogens is 4. The number of nitrogens with one attached hydrogen (secondary N) is 2. The molecule has 3 aromatic rings. The summed E-state index contributed by atoms with van der Waals surface area (Å²) < 4.78 is 7.59. The predicted octanol–water partition coefficient (Wildman–Crippen LogP) is 2.99. The van der Waals surface area contributed by atoms with Crippen LogP contribution in [0.5, 0.6) is 5.88 Å². The number of hydrogen-bond acceptors (Lipinski definition) is 9. The summed E-state index contributed by atoms with van der Waals surface area (Å²) in [7, 11) is 2.14. The Bertz CT molecular complexity index is 1150. The first kappa shape index (κ1) is 24.3. The van der Waals surface area contributed by atoms with Crippen molar-refractivity contribution in [2.75, 3.05) is 55.4 Å². The molecule has 0 radical (unpaired) electrons. The van der Waals surface area contributed by atoms with Crippen molar-refractivity contribution < 1.29 is 9.53 Å². The Kier molecular flexibility index (Phi) is 7.35. The summed E-state index contributed by atoms with van der Waals surface area (Å²) >= 11 is 0. The summed E-state index contributed by atoms with van der Waals surface area (Å²) in [4.78, 5) is 25.6. The van der Waals surface area contributed by atoms with Crippen LogP contribution in [0.1, 0.15) is 37.2 Å². The average Bonchev–Trinajstić information content (AvgIpc) is 3.23. The minimum absolute atomic E-state index is 0.109. The maximum atomic E-state index is 12.1. The van der Waals surface area contributed by atoms with E-state index in [4.69, 9.17) is 10.5 Å². The first-order valence-corrected chi connectivity index (χ1v) is 11.8. The van der Waals surface area contributed by atoms with Crippen molar-refractivity contribution in [2.45, 2.75) is 26.8 Å². The number of nitrogens with two attached hydrogens (primary N) is 1. The summed E-state index contributed by atoms with van der Waals surface area (Å²) in [6.45, 7) is 10.5. The molecule has 4 heterocycles. The number of amides is 1. The smallest absolute Gasteiger partial charge is 0.252 e. The van der Waals surface area contributed by atoms with Crippen molar-refractivity contribution >= 4 is 34.6 Å². The van der Waals surface area contributed by atoms with Gasteiger partial charge in [-0.1, -0.05) is 0 Å². The number of carbonyl (C=O) groups excluding carboxylic acids is 1. The molecular weight excluding hydrogens is 446 g/mol. The highest BCUT2D eigenvalue weighted by molar-refractivity contribution is 5.99. The second kappa shape index (κ2) is 10.6. The van der Waals surface area contributed by atoms with Crippen molar-refractivity contribution in [1.29, 1.82) is 0 Å². The van der Waals surface area contributed by atoms with Crippen LogP contribution in [0.15, 0.2) is 36.8 Å². The van der Waals surface area contributed by atoms with Crippen LogP contribution in [0.4, 0.5) is 28.7 Å². The SMILES string of the molecule is CCOc1c(Nc2cc(Nc3ccc(N4CCN(C)CC4)cn3)ncc2C(N)=O)cnn1C(C)C. The van der Waals surface area contributed by atoms with Crippen LogP contribution in [-0.2, 0) is 0 Å². The van der Waals surface area contributed by atoms with E-state index in [0.717, 1.165) is 31.9 Å². The van der Waals surface area contributed by atoms with Crippen molar-refractivity contribution in [2.24, 2.45) is 5.73 Å². The van der Waals surface area contributed by atoms with Crippen molar-refractivity contribution in [3.63, 3.8) is 0 Å². The van der Waals surface area contributed by atoms with E-state index in [1.165, 1.54) is 6.20 Å². The molecule has 0 aliphatic carbocycles. The van der Waals surface area contributed by atoms with Crippen molar-refractivity contribution in [3.8, 4) is 5.88 Å². The zero-order chi connectivity index (χ0) is 24.9. The first-order chi connectivity index (χ1) is 16.9. The lowest BCUT2D eigenvalue weighted by atomic mass is 10.2. The third-order valence-corrected chi connectivity index (χ3v) is 5.83. The van der Waals surface area contributed by atoms with Crippen LogP contribution in [0.25, 0.3) is 0 Å². The summed E-state index contributed by atoms with van der Waals surface area (Å²) in [5.41, 5.74) is 8.08. The number of nitrogens with zero attached hydrogens (tertiary/aromatic N) is 6. The maximum Gasteiger partial charge on any atom is 0.252 e. The van der Waals surface area contributed by atoms with Crippen LogP contribution < -0.4 is 26.0 Å².